The van der Waals surface area contributed by atoms with Crippen molar-refractivity contribution >= 4 is 58.8 Å². The minimum Gasteiger partial charge on any atom is -0.329 e. The number of hydrogen-bond donors (Lipinski definition) is 0. The molecule has 0 spiro atoms. The van der Waals surface area contributed by atoms with Crippen molar-refractivity contribution in [2.45, 2.75) is 0 Å². The minimum atomic E-state index is -0.616. The zero-order valence-electron chi connectivity index (χ0n) is 7.29. The van der Waals surface area contributed by atoms with E-state index >= 15 is 0 Å². The largest absolute Gasteiger partial charge is 2.00 e. The van der Waals surface area contributed by atoms with Crippen molar-refractivity contribution in [2.24, 2.45) is 0 Å². The molecular weight excluding hydrogens is 213 g/mol. The van der Waals surface area contributed by atoms with Gasteiger partial charge in [-0.3, -0.25) is 0 Å². The Morgan fingerprint density at radius 3 is 2.09 bits per heavy atom. The second kappa shape index (κ2) is 9.66. The molecule has 11 heavy (non-hydrogen) atoms. The van der Waals surface area contributed by atoms with Gasteiger partial charge in [-0.1, -0.05) is 0 Å². The molecule has 0 aliphatic heterocycles. The molecule has 0 aromatic heterocycles. The number of likely N-dealkylation sites (N-methyl/N-ethyl adjacent to an activating group) is 1. The fraction of sp³-hybridized carbons (Fsp3) is 1.00. The first-order chi connectivity index (χ1) is 4.06. The Hall–Kier alpha value is 1.57. The molecule has 1 unspecified atom stereocenters. The molecule has 0 aromatic carbocycles. The van der Waals surface area contributed by atoms with Gasteiger partial charge in [0.2, 0.25) is 0 Å². The third-order valence-electron chi connectivity index (χ3n) is 0.923. The Morgan fingerprint density at radius 1 is 1.36 bits per heavy atom. The average Bonchev–Trinajstić information content (AvgIpc) is 1.63. The van der Waals surface area contributed by atoms with Gasteiger partial charge < -0.3 is 4.48 Å². The Balaban J connectivity index is -0.000000320. The fourth-order valence-corrected chi connectivity index (χ4v) is 0.536. The van der Waals surface area contributed by atoms with Gasteiger partial charge >= 0.3 is 46.4 Å². The summed E-state index contributed by atoms with van der Waals surface area (Å²) in [5, 5.41) is 0. The molecule has 0 amide bonds. The molecule has 0 radical (unpaired) electrons. The summed E-state index contributed by atoms with van der Waals surface area (Å²) in [4.78, 5) is 0. The second-order valence-corrected chi connectivity index (χ2v) is 3.40. The third-order valence-corrected chi connectivity index (χ3v) is 1.25. The van der Waals surface area contributed by atoms with E-state index in [1.54, 1.807) is 0 Å². The quantitative estimate of drug-likeness (QED) is 0.306. The van der Waals surface area contributed by atoms with Gasteiger partial charge in [0.25, 0.3) is 0 Å². The van der Waals surface area contributed by atoms with Crippen molar-refractivity contribution in [3.05, 3.63) is 0 Å². The second-order valence-electron chi connectivity index (χ2n) is 2.95. The van der Waals surface area contributed by atoms with Crippen molar-refractivity contribution in [1.29, 1.82) is 0 Å². The monoisotopic (exact) mass is 227 g/mol. The molecule has 0 heterocycles. The molecule has 0 N–H and O–H groups in total. The van der Waals surface area contributed by atoms with E-state index in [0.717, 1.165) is 11.0 Å². The van der Waals surface area contributed by atoms with Gasteiger partial charge in [-0.2, -0.15) is 0 Å². The topological polar surface area (TPSA) is 26.3 Å². The molecule has 0 saturated carbocycles. The SMILES string of the molecule is C[N+](C)(C)CCO[PH+]=O.Cl.[Ca+2]. The van der Waals surface area contributed by atoms with Gasteiger partial charge in [0.1, 0.15) is 6.54 Å². The molecule has 62 valence electrons. The van der Waals surface area contributed by atoms with Gasteiger partial charge in [0.05, 0.1) is 21.1 Å². The summed E-state index contributed by atoms with van der Waals surface area (Å²) in [6.45, 7) is 1.47. The summed E-state index contributed by atoms with van der Waals surface area (Å²) in [6.07, 6.45) is 0. The molecule has 0 aliphatic carbocycles. The van der Waals surface area contributed by atoms with Gasteiger partial charge in [0.15, 0.2) is 6.61 Å². The van der Waals surface area contributed by atoms with Crippen LogP contribution in [0.3, 0.4) is 0 Å². The number of rotatable bonds is 4. The van der Waals surface area contributed by atoms with E-state index in [2.05, 4.69) is 25.7 Å². The summed E-state index contributed by atoms with van der Waals surface area (Å²) in [5.74, 6) is 0. The van der Waals surface area contributed by atoms with Gasteiger partial charge in [-0.25, -0.2) is 0 Å². The van der Waals surface area contributed by atoms with Crippen molar-refractivity contribution in [1.82, 2.24) is 0 Å². The van der Waals surface area contributed by atoms with Crippen LogP contribution in [0.25, 0.3) is 0 Å². The maximum atomic E-state index is 9.81. The fourth-order valence-electron chi connectivity index (χ4n) is 0.361. The van der Waals surface area contributed by atoms with Gasteiger partial charge in [-0.05, 0) is 4.57 Å². The third kappa shape index (κ3) is 18.5. The molecule has 3 nitrogen and oxygen atoms in total. The van der Waals surface area contributed by atoms with Crippen molar-refractivity contribution in [3.8, 4) is 0 Å². The van der Waals surface area contributed by atoms with Crippen LogP contribution in [-0.4, -0.2) is 76.5 Å². The zero-order chi connectivity index (χ0) is 7.33. The molecule has 0 aromatic rings. The van der Waals surface area contributed by atoms with Crippen LogP contribution in [0.1, 0.15) is 0 Å². The van der Waals surface area contributed by atoms with E-state index in [1.807, 2.05) is 0 Å². The van der Waals surface area contributed by atoms with Crippen LogP contribution in [0.15, 0.2) is 0 Å². The predicted molar refractivity (Wildman–Crippen MR) is 50.9 cm³/mol. The molecule has 0 bridgehead atoms. The zero-order valence-corrected chi connectivity index (χ0v) is 11.3. The van der Waals surface area contributed by atoms with E-state index in [0.29, 0.717) is 6.61 Å². The molecule has 0 fully saturated rings. The minimum absolute atomic E-state index is 0. The normalized spacial score (nSPS) is 10.1. The van der Waals surface area contributed by atoms with Crippen LogP contribution in [0, 0.1) is 0 Å². The Morgan fingerprint density at radius 2 is 1.82 bits per heavy atom. The van der Waals surface area contributed by atoms with E-state index in [4.69, 9.17) is 0 Å². The Kier molecular flexibility index (Phi) is 16.1. The van der Waals surface area contributed by atoms with Crippen LogP contribution >= 0.6 is 21.1 Å². The Labute approximate surface area is 106 Å². The maximum Gasteiger partial charge on any atom is 2.00 e. The van der Waals surface area contributed by atoms with Crippen LogP contribution in [-0.2, 0) is 9.09 Å². The van der Waals surface area contributed by atoms with Crippen molar-refractivity contribution in [2.75, 3.05) is 34.3 Å². The number of halogens is 1. The molecule has 1 atom stereocenters. The Bertz CT molecular complexity index is 99.0. The predicted octanol–water partition coefficient (Wildman–Crippen LogP) is 0.689. The smallest absolute Gasteiger partial charge is 0.329 e. The standard InChI is InChI=1S/C5H14NO2P.Ca.ClH/c1-6(2,3)4-5-8-9-7;;/h9H,4-5H2,1-3H3;;1H/q2*+2;. The van der Waals surface area contributed by atoms with E-state index in [9.17, 15) is 4.57 Å². The van der Waals surface area contributed by atoms with Crippen LogP contribution in [0.4, 0.5) is 0 Å². The molecule has 0 aliphatic rings. The van der Waals surface area contributed by atoms with E-state index < -0.39 is 8.69 Å². The first-order valence-corrected chi connectivity index (χ1v) is 3.67. The first-order valence-electron chi connectivity index (χ1n) is 2.85. The van der Waals surface area contributed by atoms with Gasteiger partial charge in [0, 0.05) is 0 Å². The number of hydrogen-bond acceptors (Lipinski definition) is 2. The van der Waals surface area contributed by atoms with Crippen LogP contribution < -0.4 is 0 Å². The summed E-state index contributed by atoms with van der Waals surface area (Å²) >= 11 is 0. The van der Waals surface area contributed by atoms with Crippen molar-refractivity contribution < 1.29 is 13.6 Å². The van der Waals surface area contributed by atoms with E-state index in [-0.39, 0.29) is 50.1 Å². The van der Waals surface area contributed by atoms with Crippen LogP contribution in [0.5, 0.6) is 0 Å². The first kappa shape index (κ1) is 18.4. The summed E-state index contributed by atoms with van der Waals surface area (Å²) < 4.78 is 15.3. The molecule has 0 saturated heterocycles. The molecule has 0 rings (SSSR count). The van der Waals surface area contributed by atoms with Crippen molar-refractivity contribution in [3.63, 3.8) is 0 Å². The maximum absolute atomic E-state index is 9.81. The average molecular weight is 228 g/mol. The summed E-state index contributed by atoms with van der Waals surface area (Å²) in [5.41, 5.74) is 0. The summed E-state index contributed by atoms with van der Waals surface area (Å²) in [6, 6.07) is 0. The molecule has 6 heteroatoms. The number of nitrogens with zero attached hydrogens (tertiary/aromatic N) is 1. The molecular formula is C5H15CaClNO2P+4. The van der Waals surface area contributed by atoms with E-state index in [1.165, 1.54) is 0 Å². The summed E-state index contributed by atoms with van der Waals surface area (Å²) in [7, 11) is 5.58. The number of quaternary nitrogens is 1. The van der Waals surface area contributed by atoms with Gasteiger partial charge in [-0.15, -0.1) is 16.9 Å². The van der Waals surface area contributed by atoms with Crippen LogP contribution in [0.2, 0.25) is 0 Å².